The summed E-state index contributed by atoms with van der Waals surface area (Å²) in [6, 6.07) is 8.87. The fourth-order valence-electron chi connectivity index (χ4n) is 2.94. The monoisotopic (exact) mass is 247 g/mol. The summed E-state index contributed by atoms with van der Waals surface area (Å²) in [7, 11) is 0. The van der Waals surface area contributed by atoms with E-state index in [0.717, 1.165) is 19.4 Å². The van der Waals surface area contributed by atoms with Crippen molar-refractivity contribution < 1.29 is 5.11 Å². The highest BCUT2D eigenvalue weighted by molar-refractivity contribution is 5.28. The number of aliphatic hydroxyl groups is 1. The van der Waals surface area contributed by atoms with E-state index in [1.807, 2.05) is 0 Å². The van der Waals surface area contributed by atoms with Crippen LogP contribution in [0.2, 0.25) is 0 Å². The molecule has 2 N–H and O–H groups in total. The van der Waals surface area contributed by atoms with Gasteiger partial charge in [0.2, 0.25) is 0 Å². The van der Waals surface area contributed by atoms with Gasteiger partial charge in [0, 0.05) is 12.6 Å². The fraction of sp³-hybridized carbons (Fsp3) is 0.625. The molecule has 100 valence electrons. The predicted molar refractivity (Wildman–Crippen MR) is 75.6 cm³/mol. The van der Waals surface area contributed by atoms with Gasteiger partial charge in [-0.05, 0) is 43.7 Å². The maximum absolute atomic E-state index is 9.97. The normalized spacial score (nSPS) is 25.9. The third-order valence-corrected chi connectivity index (χ3v) is 4.21. The zero-order valence-electron chi connectivity index (χ0n) is 11.5. The van der Waals surface area contributed by atoms with Crippen LogP contribution in [0, 0.1) is 12.8 Å². The number of benzene rings is 1. The Morgan fingerprint density at radius 1 is 1.28 bits per heavy atom. The molecule has 0 bridgehead atoms. The summed E-state index contributed by atoms with van der Waals surface area (Å²) >= 11 is 0. The lowest BCUT2D eigenvalue weighted by Crippen LogP contribution is -2.35. The van der Waals surface area contributed by atoms with Gasteiger partial charge in [0.1, 0.15) is 0 Å². The molecule has 2 heteroatoms. The van der Waals surface area contributed by atoms with Gasteiger partial charge >= 0.3 is 0 Å². The average Bonchev–Trinajstić information content (AvgIpc) is 2.38. The zero-order valence-corrected chi connectivity index (χ0v) is 11.5. The molecule has 2 nitrogen and oxygen atoms in total. The second-order valence-corrected chi connectivity index (χ2v) is 5.60. The van der Waals surface area contributed by atoms with Crippen LogP contribution in [0.25, 0.3) is 0 Å². The van der Waals surface area contributed by atoms with Crippen molar-refractivity contribution in [2.24, 2.45) is 5.92 Å². The third kappa shape index (κ3) is 3.33. The Morgan fingerprint density at radius 2 is 2.00 bits per heavy atom. The summed E-state index contributed by atoms with van der Waals surface area (Å²) in [6.07, 6.45) is 4.49. The highest BCUT2D eigenvalue weighted by atomic mass is 16.3. The van der Waals surface area contributed by atoms with Crippen molar-refractivity contribution in [3.05, 3.63) is 35.4 Å². The molecule has 0 aromatic heterocycles. The van der Waals surface area contributed by atoms with Gasteiger partial charge < -0.3 is 10.4 Å². The molecular weight excluding hydrogens is 222 g/mol. The number of aryl methyl sites for hydroxylation is 1. The molecule has 1 aliphatic carbocycles. The Hall–Kier alpha value is -0.860. The van der Waals surface area contributed by atoms with Crippen molar-refractivity contribution in [2.75, 3.05) is 6.54 Å². The van der Waals surface area contributed by atoms with Crippen molar-refractivity contribution in [1.29, 1.82) is 0 Å². The van der Waals surface area contributed by atoms with Crippen molar-refractivity contribution in [2.45, 2.75) is 51.7 Å². The molecule has 0 spiro atoms. The predicted octanol–water partition coefficient (Wildman–Crippen LogP) is 3.20. The van der Waals surface area contributed by atoms with Gasteiger partial charge in [-0.15, -0.1) is 0 Å². The van der Waals surface area contributed by atoms with Crippen LogP contribution < -0.4 is 5.32 Å². The van der Waals surface area contributed by atoms with Gasteiger partial charge in [-0.3, -0.25) is 0 Å². The van der Waals surface area contributed by atoms with Gasteiger partial charge in [-0.1, -0.05) is 37.1 Å². The lowest BCUT2D eigenvalue weighted by atomic mass is 9.86. The van der Waals surface area contributed by atoms with Crippen LogP contribution in [0.1, 0.15) is 49.8 Å². The van der Waals surface area contributed by atoms with Gasteiger partial charge in [0.25, 0.3) is 0 Å². The van der Waals surface area contributed by atoms with Gasteiger partial charge in [0.15, 0.2) is 0 Å². The molecule has 18 heavy (non-hydrogen) atoms. The molecule has 1 aromatic rings. The van der Waals surface area contributed by atoms with Crippen LogP contribution in [0.15, 0.2) is 24.3 Å². The maximum atomic E-state index is 9.97. The van der Waals surface area contributed by atoms with Crippen LogP contribution in [0.3, 0.4) is 0 Å². The summed E-state index contributed by atoms with van der Waals surface area (Å²) in [5, 5.41) is 13.5. The first-order chi connectivity index (χ1) is 8.68. The maximum Gasteiger partial charge on any atom is 0.0580 e. The molecule has 2 rings (SSSR count). The molecule has 0 saturated heterocycles. The SMILES string of the molecule is Cc1ccccc1[C@H](C)NC[C@H]1CCCC[C@H]1O. The molecule has 1 saturated carbocycles. The van der Waals surface area contributed by atoms with E-state index in [2.05, 4.69) is 43.4 Å². The van der Waals surface area contributed by atoms with Crippen molar-refractivity contribution in [1.82, 2.24) is 5.32 Å². The minimum Gasteiger partial charge on any atom is -0.393 e. The Balaban J connectivity index is 1.88. The summed E-state index contributed by atoms with van der Waals surface area (Å²) in [4.78, 5) is 0. The first kappa shape index (κ1) is 13.6. The van der Waals surface area contributed by atoms with E-state index in [0.29, 0.717) is 12.0 Å². The number of nitrogens with one attached hydrogen (secondary N) is 1. The number of hydrogen-bond acceptors (Lipinski definition) is 2. The lowest BCUT2D eigenvalue weighted by Gasteiger charge is -2.29. The van der Waals surface area contributed by atoms with Crippen molar-refractivity contribution in [3.8, 4) is 0 Å². The second kappa shape index (κ2) is 6.35. The molecule has 0 unspecified atom stereocenters. The Bertz CT molecular complexity index is 377. The second-order valence-electron chi connectivity index (χ2n) is 5.60. The molecule has 1 aromatic carbocycles. The quantitative estimate of drug-likeness (QED) is 0.856. The van der Waals surface area contributed by atoms with Gasteiger partial charge in [0.05, 0.1) is 6.10 Å². The molecular formula is C16H25NO. The number of rotatable bonds is 4. The minimum atomic E-state index is -0.102. The molecule has 1 fully saturated rings. The van der Waals surface area contributed by atoms with Crippen LogP contribution in [0.5, 0.6) is 0 Å². The first-order valence-corrected chi connectivity index (χ1v) is 7.15. The smallest absolute Gasteiger partial charge is 0.0580 e. The van der Waals surface area contributed by atoms with Crippen molar-refractivity contribution in [3.63, 3.8) is 0 Å². The van der Waals surface area contributed by atoms with E-state index in [1.54, 1.807) is 0 Å². The molecule has 0 aliphatic heterocycles. The highest BCUT2D eigenvalue weighted by Crippen LogP contribution is 2.25. The van der Waals surface area contributed by atoms with Gasteiger partial charge in [-0.2, -0.15) is 0 Å². The summed E-state index contributed by atoms with van der Waals surface area (Å²) in [5.41, 5.74) is 2.70. The van der Waals surface area contributed by atoms with E-state index in [9.17, 15) is 5.11 Å². The Labute approximate surface area is 110 Å². The third-order valence-electron chi connectivity index (χ3n) is 4.21. The standard InChI is InChI=1S/C16H25NO/c1-12-7-3-5-9-15(12)13(2)17-11-14-8-4-6-10-16(14)18/h3,5,7,9,13-14,16-18H,4,6,8,10-11H2,1-2H3/t13-,14+,16+/m0/s1. The van der Waals surface area contributed by atoms with Crippen LogP contribution in [0.4, 0.5) is 0 Å². The zero-order chi connectivity index (χ0) is 13.0. The van der Waals surface area contributed by atoms with Crippen LogP contribution in [-0.2, 0) is 0 Å². The molecule has 1 aliphatic rings. The van der Waals surface area contributed by atoms with E-state index in [-0.39, 0.29) is 6.10 Å². The number of hydrogen-bond donors (Lipinski definition) is 2. The highest BCUT2D eigenvalue weighted by Gasteiger charge is 2.23. The van der Waals surface area contributed by atoms with E-state index >= 15 is 0 Å². The largest absolute Gasteiger partial charge is 0.393 e. The first-order valence-electron chi connectivity index (χ1n) is 7.15. The lowest BCUT2D eigenvalue weighted by molar-refractivity contribution is 0.0684. The number of aliphatic hydroxyl groups excluding tert-OH is 1. The molecule has 0 amide bonds. The van der Waals surface area contributed by atoms with E-state index in [1.165, 1.54) is 24.0 Å². The summed E-state index contributed by atoms with van der Waals surface area (Å²) in [5.74, 6) is 0.435. The average molecular weight is 247 g/mol. The van der Waals surface area contributed by atoms with Crippen LogP contribution in [-0.4, -0.2) is 17.8 Å². The molecule has 3 atom stereocenters. The van der Waals surface area contributed by atoms with Crippen molar-refractivity contribution >= 4 is 0 Å². The van der Waals surface area contributed by atoms with E-state index < -0.39 is 0 Å². The Morgan fingerprint density at radius 3 is 2.72 bits per heavy atom. The summed E-state index contributed by atoms with van der Waals surface area (Å²) < 4.78 is 0. The van der Waals surface area contributed by atoms with E-state index in [4.69, 9.17) is 0 Å². The molecule has 0 radical (unpaired) electrons. The molecule has 0 heterocycles. The van der Waals surface area contributed by atoms with Gasteiger partial charge in [-0.25, -0.2) is 0 Å². The minimum absolute atomic E-state index is 0.102. The Kier molecular flexibility index (Phi) is 4.79. The van der Waals surface area contributed by atoms with Crippen LogP contribution >= 0.6 is 0 Å². The fourth-order valence-corrected chi connectivity index (χ4v) is 2.94. The topological polar surface area (TPSA) is 32.3 Å². The summed E-state index contributed by atoms with van der Waals surface area (Å²) in [6.45, 7) is 5.29.